The second kappa shape index (κ2) is 24.3. The van der Waals surface area contributed by atoms with Gasteiger partial charge < -0.3 is 64.3 Å². The molecule has 38 heteroatoms. The van der Waals surface area contributed by atoms with Crippen LogP contribution in [-0.2, 0) is 18.9 Å². The number of carboxylic acid groups (broad SMARTS) is 3. The van der Waals surface area contributed by atoms with Gasteiger partial charge in [0, 0.05) is 0 Å². The second-order valence-electron chi connectivity index (χ2n) is 6.43. The molecule has 0 aliphatic heterocycles. The van der Waals surface area contributed by atoms with E-state index in [-0.39, 0.29) is 113 Å². The number of phosphoric acid groups is 1. The summed E-state index contributed by atoms with van der Waals surface area (Å²) in [5.74, 6) is -11.0. The van der Waals surface area contributed by atoms with Gasteiger partial charge in [-0.2, -0.15) is 86.9 Å². The van der Waals surface area contributed by atoms with Crippen molar-refractivity contribution in [2.24, 2.45) is 0 Å². The topological polar surface area (TPSA) is 267 Å². The Morgan fingerprint density at radius 1 is 0.360 bits per heavy atom. The Balaban J connectivity index is -0.0000000531. The van der Waals surface area contributed by atoms with Gasteiger partial charge in [0.1, 0.15) is 0 Å². The zero-order valence-corrected chi connectivity index (χ0v) is 25.6. The number of carboxylic acids is 3. The standard InChI is InChI=1S/3C4H2F6O3.6Li.H3O4P/c3*5-3(6,7)2(13,1(11)12)4(8,9)10;;;;;;;1-5(2,3)4/h3*13H,(H,11,12);;;;;;;(H3,1,2,3,4)/q;;;6*+1;/p-6. The van der Waals surface area contributed by atoms with Crippen LogP contribution in [0.5, 0.6) is 0 Å². The fourth-order valence-corrected chi connectivity index (χ4v) is 1.18. The Hall–Kier alpha value is 0.724. The van der Waals surface area contributed by atoms with Crippen molar-refractivity contribution in [2.75, 3.05) is 0 Å². The number of hydrogen-bond acceptors (Lipinski definition) is 13. The van der Waals surface area contributed by atoms with E-state index in [0.717, 1.165) is 0 Å². The van der Waals surface area contributed by atoms with Crippen LogP contribution in [0.4, 0.5) is 79.0 Å². The molecule has 13 nitrogen and oxygen atoms in total. The Morgan fingerprint density at radius 2 is 0.420 bits per heavy atom. The average molecular weight is 770 g/mol. The van der Waals surface area contributed by atoms with Gasteiger partial charge in [-0.05, 0) is 0 Å². The average Bonchev–Trinajstić information content (AvgIpc) is 2.65. The van der Waals surface area contributed by atoms with Crippen molar-refractivity contribution in [3.05, 3.63) is 0 Å². The number of carbonyl (C=O) groups excluding carboxylic acids is 3. The monoisotopic (exact) mass is 770 g/mol. The van der Waals surface area contributed by atoms with E-state index < -0.39 is 79.6 Å². The Kier molecular flexibility index (Phi) is 36.7. The fraction of sp³-hybridized carbons (Fsp3) is 0.750. The van der Waals surface area contributed by atoms with Gasteiger partial charge in [0.05, 0.1) is 17.9 Å². The first-order valence-electron chi connectivity index (χ1n) is 8.28. The summed E-state index contributed by atoms with van der Waals surface area (Å²) in [5.41, 5.74) is -17.5. The summed E-state index contributed by atoms with van der Waals surface area (Å²) >= 11 is 0. The summed E-state index contributed by atoms with van der Waals surface area (Å²) in [7, 11) is -5.39. The van der Waals surface area contributed by atoms with Crippen LogP contribution in [0, 0.1) is 0 Å². The van der Waals surface area contributed by atoms with Crippen molar-refractivity contribution >= 4 is 25.7 Å². The molecule has 0 fully saturated rings. The Bertz CT molecular complexity index is 892. The quantitative estimate of drug-likeness (QED) is 0.137. The Labute approximate surface area is 334 Å². The van der Waals surface area contributed by atoms with E-state index in [4.69, 9.17) is 34.6 Å². The summed E-state index contributed by atoms with van der Waals surface area (Å²) in [6.07, 6.45) is -38.2. The number of aliphatic carboxylic acids is 3. The molecule has 0 atom stereocenters. The number of halogens is 18. The molecule has 0 aliphatic carbocycles. The van der Waals surface area contributed by atoms with Gasteiger partial charge in [-0.25, -0.2) is 0 Å². The van der Waals surface area contributed by atoms with Crippen molar-refractivity contribution in [2.45, 2.75) is 53.9 Å². The minimum absolute atomic E-state index is 0. The molecule has 0 saturated carbocycles. The summed E-state index contributed by atoms with van der Waals surface area (Å²) < 4.78 is 215. The van der Waals surface area contributed by atoms with Gasteiger partial charge in [0.25, 0.3) is 16.8 Å². The maximum atomic E-state index is 11.5. The molecule has 0 aliphatic rings. The minimum atomic E-state index is -6.37. The Morgan fingerprint density at radius 3 is 0.420 bits per heavy atom. The van der Waals surface area contributed by atoms with Gasteiger partial charge >= 0.3 is 150 Å². The van der Waals surface area contributed by atoms with Gasteiger partial charge in [-0.1, -0.05) is 0 Å². The summed E-state index contributed by atoms with van der Waals surface area (Å²) in [5, 5.41) is 52.1. The van der Waals surface area contributed by atoms with Gasteiger partial charge in [-0.15, -0.1) is 0 Å². The first kappa shape index (κ1) is 75.6. The van der Waals surface area contributed by atoms with Crippen LogP contribution < -0.4 is 143 Å². The normalized spacial score (nSPS) is 12.4. The van der Waals surface area contributed by atoms with Crippen LogP contribution in [0.1, 0.15) is 0 Å². The third kappa shape index (κ3) is 21.0. The van der Waals surface area contributed by atoms with E-state index in [1.807, 2.05) is 0 Å². The predicted octanol–water partition coefficient (Wildman–Crippen LogP) is -22.0. The van der Waals surface area contributed by atoms with E-state index in [1.165, 1.54) is 0 Å². The van der Waals surface area contributed by atoms with Crippen molar-refractivity contribution in [3.63, 3.8) is 0 Å². The molecule has 0 unspecified atom stereocenters. The van der Waals surface area contributed by atoms with Crippen molar-refractivity contribution in [1.29, 1.82) is 0 Å². The van der Waals surface area contributed by atoms with Crippen LogP contribution in [-0.4, -0.2) is 87.1 Å². The predicted molar refractivity (Wildman–Crippen MR) is 73.8 cm³/mol. The molecule has 0 aromatic carbocycles. The van der Waals surface area contributed by atoms with E-state index in [0.29, 0.717) is 0 Å². The number of rotatable bonds is 3. The molecular weight excluding hydrogens is 767 g/mol. The SMILES string of the molecule is O=C([O-])C(O)(C(F)(F)F)C(F)(F)F.O=C([O-])C(O)(C(F)(F)F)C(F)(F)F.O=C([O-])C(O)(C(F)(F)F)C(F)(F)F.O=P([O-])([O-])[O-].[Li+].[Li+].[Li+].[Li+].[Li+].[Li+]. The molecule has 0 heterocycles. The summed E-state index contributed by atoms with van der Waals surface area (Å²) in [6, 6.07) is 0. The molecule has 0 rings (SSSR count). The van der Waals surface area contributed by atoms with Crippen LogP contribution in [0.25, 0.3) is 0 Å². The third-order valence-corrected chi connectivity index (χ3v) is 3.35. The largest absolute Gasteiger partial charge is 1.00 e. The van der Waals surface area contributed by atoms with Gasteiger partial charge in [-0.3, -0.25) is 0 Å². The molecule has 0 spiro atoms. The van der Waals surface area contributed by atoms with Crippen LogP contribution >= 0.6 is 7.82 Å². The first-order chi connectivity index (χ1) is 18.3. The van der Waals surface area contributed by atoms with Gasteiger partial charge in [0.15, 0.2) is 0 Å². The summed E-state index contributed by atoms with van der Waals surface area (Å²) in [4.78, 5) is 54.2. The third-order valence-electron chi connectivity index (χ3n) is 3.35. The molecule has 0 radical (unpaired) electrons. The zero-order chi connectivity index (χ0) is 37.7. The molecule has 3 N–H and O–H groups in total. The maximum absolute atomic E-state index is 11.5. The van der Waals surface area contributed by atoms with E-state index in [1.54, 1.807) is 0 Å². The number of alkyl halides is 18. The number of aliphatic hydroxyl groups is 3. The molecule has 0 saturated heterocycles. The molecule has 0 amide bonds. The maximum Gasteiger partial charge on any atom is 1.00 e. The van der Waals surface area contributed by atoms with Gasteiger partial charge in [0.2, 0.25) is 0 Å². The van der Waals surface area contributed by atoms with Crippen LogP contribution in [0.15, 0.2) is 0 Å². The molecule has 0 aromatic heterocycles. The van der Waals surface area contributed by atoms with Crippen LogP contribution in [0.3, 0.4) is 0 Å². The van der Waals surface area contributed by atoms with Crippen LogP contribution in [0.2, 0.25) is 0 Å². The number of carbonyl (C=O) groups is 3. The van der Waals surface area contributed by atoms with E-state index in [2.05, 4.69) is 0 Å². The van der Waals surface area contributed by atoms with Crippen molar-refractivity contribution < 1.29 is 256 Å². The molecule has 50 heavy (non-hydrogen) atoms. The fourth-order valence-electron chi connectivity index (χ4n) is 1.18. The molecule has 0 aromatic rings. The second-order valence-corrected chi connectivity index (χ2v) is 7.32. The minimum Gasteiger partial charge on any atom is -0.822 e. The van der Waals surface area contributed by atoms with E-state index >= 15 is 0 Å². The molecular formula is C12H3F18Li6O13P. The van der Waals surface area contributed by atoms with Crippen molar-refractivity contribution in [3.8, 4) is 0 Å². The number of hydrogen-bond donors (Lipinski definition) is 3. The van der Waals surface area contributed by atoms with Crippen molar-refractivity contribution in [1.82, 2.24) is 0 Å². The molecule has 0 bridgehead atoms. The first-order valence-corrected chi connectivity index (χ1v) is 9.74. The molecule has 266 valence electrons. The zero-order valence-electron chi connectivity index (χ0n) is 24.7. The summed E-state index contributed by atoms with van der Waals surface area (Å²) in [6.45, 7) is 0. The smallest absolute Gasteiger partial charge is 0.822 e. The van der Waals surface area contributed by atoms with E-state index in [9.17, 15) is 109 Å².